The first-order chi connectivity index (χ1) is 25.1. The van der Waals surface area contributed by atoms with Gasteiger partial charge in [0.25, 0.3) is 5.91 Å². The Morgan fingerprint density at radius 2 is 1.58 bits per heavy atom. The number of unbranched alkanes of at least 4 members (excludes halogenated alkanes) is 1. The number of amides is 5. The molecular weight excluding hydrogens is 664 g/mol. The summed E-state index contributed by atoms with van der Waals surface area (Å²) in [5.74, 6) is -1.21. The van der Waals surface area contributed by atoms with Crippen molar-refractivity contribution in [1.82, 2.24) is 20.9 Å². The van der Waals surface area contributed by atoms with Crippen LogP contribution in [-0.4, -0.2) is 91.7 Å². The van der Waals surface area contributed by atoms with E-state index in [1.807, 2.05) is 36.4 Å². The molecule has 0 radical (unpaired) electrons. The zero-order chi connectivity index (χ0) is 37.5. The molecule has 0 aromatic heterocycles. The Morgan fingerprint density at radius 1 is 0.904 bits per heavy atom. The summed E-state index contributed by atoms with van der Waals surface area (Å²) < 4.78 is 0. The summed E-state index contributed by atoms with van der Waals surface area (Å²) in [7, 11) is 0. The number of anilines is 3. The summed E-state index contributed by atoms with van der Waals surface area (Å²) in [6, 6.07) is 13.1. The Bertz CT molecular complexity index is 1570. The number of carbonyl (C=O) groups is 5. The van der Waals surface area contributed by atoms with Gasteiger partial charge in [0.1, 0.15) is 6.04 Å². The second-order valence-electron chi connectivity index (χ2n) is 13.4. The highest BCUT2D eigenvalue weighted by atomic mass is 16.2. The predicted molar refractivity (Wildman–Crippen MR) is 202 cm³/mol. The van der Waals surface area contributed by atoms with Gasteiger partial charge in [-0.25, -0.2) is 0 Å². The van der Waals surface area contributed by atoms with Gasteiger partial charge in [-0.15, -0.1) is 0 Å². The zero-order valence-electron chi connectivity index (χ0n) is 30.1. The molecule has 15 heteroatoms. The van der Waals surface area contributed by atoms with Gasteiger partial charge in [-0.05, 0) is 101 Å². The molecule has 1 fully saturated rings. The minimum absolute atomic E-state index is 0.0242. The van der Waals surface area contributed by atoms with Crippen LogP contribution in [0.15, 0.2) is 53.5 Å². The molecule has 2 aliphatic heterocycles. The van der Waals surface area contributed by atoms with E-state index in [1.165, 1.54) is 6.92 Å². The van der Waals surface area contributed by atoms with Crippen molar-refractivity contribution in [2.24, 2.45) is 28.1 Å². The van der Waals surface area contributed by atoms with Gasteiger partial charge in [0.15, 0.2) is 5.96 Å². The van der Waals surface area contributed by atoms with E-state index in [1.54, 1.807) is 17.0 Å². The second kappa shape index (κ2) is 20.2. The van der Waals surface area contributed by atoms with Crippen molar-refractivity contribution in [1.29, 1.82) is 0 Å². The molecule has 282 valence electrons. The SMILES string of the molecule is CC(=O)N[C@H](CCCN)C(=O)NC(=O)[C@H](CCCN=C(N)N)NCCCCC1CCN(CC(=O)N2c3ccccc3NC(=O)c3ccccc32)CC1. The fourth-order valence-electron chi connectivity index (χ4n) is 6.71. The van der Waals surface area contributed by atoms with Crippen LogP contribution in [0, 0.1) is 5.92 Å². The average Bonchev–Trinajstić information content (AvgIpc) is 3.24. The number of piperidine rings is 1. The molecular formula is C37H54N10O5. The number of imide groups is 1. The summed E-state index contributed by atoms with van der Waals surface area (Å²) in [5, 5.41) is 11.3. The highest BCUT2D eigenvalue weighted by Crippen LogP contribution is 2.38. The molecule has 15 nitrogen and oxygen atoms in total. The van der Waals surface area contributed by atoms with Crippen molar-refractivity contribution in [3.63, 3.8) is 0 Å². The normalized spacial score (nSPS) is 15.7. The first-order valence-electron chi connectivity index (χ1n) is 18.2. The molecule has 2 atom stereocenters. The van der Waals surface area contributed by atoms with Crippen molar-refractivity contribution in [3.05, 3.63) is 54.1 Å². The lowest BCUT2D eigenvalue weighted by molar-refractivity contribution is -0.135. The van der Waals surface area contributed by atoms with E-state index in [-0.39, 0.29) is 30.2 Å². The van der Waals surface area contributed by atoms with Gasteiger partial charge in [0.2, 0.25) is 23.6 Å². The molecule has 0 bridgehead atoms. The Morgan fingerprint density at radius 3 is 2.29 bits per heavy atom. The highest BCUT2D eigenvalue weighted by Gasteiger charge is 2.31. The Labute approximate surface area is 305 Å². The summed E-state index contributed by atoms with van der Waals surface area (Å²) in [4.78, 5) is 72.2. The van der Waals surface area contributed by atoms with E-state index in [2.05, 4.69) is 31.2 Å². The lowest BCUT2D eigenvalue weighted by Crippen LogP contribution is -2.53. The molecule has 2 aliphatic rings. The topological polar surface area (TPSA) is 230 Å². The van der Waals surface area contributed by atoms with Gasteiger partial charge in [-0.2, -0.15) is 0 Å². The van der Waals surface area contributed by atoms with Gasteiger partial charge in [0, 0.05) is 13.5 Å². The second-order valence-corrected chi connectivity index (χ2v) is 13.4. The number of carbonyl (C=O) groups excluding carboxylic acids is 5. The van der Waals surface area contributed by atoms with Crippen molar-refractivity contribution >= 4 is 52.6 Å². The van der Waals surface area contributed by atoms with Gasteiger partial charge in [-0.1, -0.05) is 37.1 Å². The molecule has 4 rings (SSSR count). The van der Waals surface area contributed by atoms with Crippen molar-refractivity contribution in [2.45, 2.75) is 76.8 Å². The van der Waals surface area contributed by atoms with E-state index in [9.17, 15) is 24.0 Å². The van der Waals surface area contributed by atoms with E-state index in [0.717, 1.165) is 45.2 Å². The number of guanidine groups is 1. The molecule has 1 saturated heterocycles. The van der Waals surface area contributed by atoms with Crippen LogP contribution in [0.1, 0.15) is 75.1 Å². The van der Waals surface area contributed by atoms with Crippen molar-refractivity contribution < 1.29 is 24.0 Å². The van der Waals surface area contributed by atoms with E-state index < -0.39 is 23.9 Å². The maximum absolute atomic E-state index is 13.8. The standard InChI is InChI=1S/C37H54N10O5/c1-25(48)43-30(13-8-19-38)36(52)45-35(51)29(14-9-21-42-37(39)40)41-20-7-6-10-26-17-22-46(23-18-26)24-33(49)47-31-15-4-2-11-27(31)34(50)44-28-12-3-5-16-32(28)47/h2-5,11-12,15-16,26,29-30,41H,6-10,13-14,17-24,38H2,1H3,(H,43,48)(H,44,50)(H4,39,40,42)(H,45,51,52)/t29-,30+/m0/s1. The van der Waals surface area contributed by atoms with Crippen molar-refractivity contribution in [3.8, 4) is 0 Å². The fourth-order valence-corrected chi connectivity index (χ4v) is 6.71. The summed E-state index contributed by atoms with van der Waals surface area (Å²) in [6.45, 7) is 4.48. The Kier molecular flexibility index (Phi) is 15.5. The third-order valence-electron chi connectivity index (χ3n) is 9.43. The van der Waals surface area contributed by atoms with E-state index >= 15 is 0 Å². The molecule has 2 aromatic carbocycles. The summed E-state index contributed by atoms with van der Waals surface area (Å²) in [6.07, 6.45) is 6.59. The van der Waals surface area contributed by atoms with Crippen LogP contribution in [0.4, 0.5) is 17.1 Å². The number of rotatable bonds is 18. The molecule has 10 N–H and O–H groups in total. The minimum Gasteiger partial charge on any atom is -0.370 e. The van der Waals surface area contributed by atoms with Crippen LogP contribution in [0.25, 0.3) is 0 Å². The molecule has 0 aliphatic carbocycles. The lowest BCUT2D eigenvalue weighted by Gasteiger charge is -2.33. The van der Waals surface area contributed by atoms with Crippen molar-refractivity contribution in [2.75, 3.05) is 49.5 Å². The molecule has 2 heterocycles. The number of nitrogens with two attached hydrogens (primary N) is 3. The monoisotopic (exact) mass is 718 g/mol. The first-order valence-corrected chi connectivity index (χ1v) is 18.2. The maximum atomic E-state index is 13.8. The Balaban J connectivity index is 1.23. The lowest BCUT2D eigenvalue weighted by atomic mass is 9.91. The fraction of sp³-hybridized carbons (Fsp3) is 0.514. The van der Waals surface area contributed by atoms with Gasteiger partial charge in [0.05, 0.1) is 35.2 Å². The number of hydrogen-bond donors (Lipinski definition) is 7. The van der Waals surface area contributed by atoms with Crippen LogP contribution in [0.2, 0.25) is 0 Å². The molecule has 0 unspecified atom stereocenters. The summed E-state index contributed by atoms with van der Waals surface area (Å²) >= 11 is 0. The number of fused-ring (bicyclic) bond motifs is 2. The number of nitrogens with zero attached hydrogens (tertiary/aromatic N) is 3. The smallest absolute Gasteiger partial charge is 0.257 e. The van der Waals surface area contributed by atoms with Crippen LogP contribution < -0.4 is 43.4 Å². The van der Waals surface area contributed by atoms with E-state index in [4.69, 9.17) is 17.2 Å². The average molecular weight is 719 g/mol. The predicted octanol–water partition coefficient (Wildman–Crippen LogP) is 1.70. The summed E-state index contributed by atoms with van der Waals surface area (Å²) in [5.41, 5.74) is 18.8. The number of aliphatic imine (C=N–C) groups is 1. The number of para-hydroxylation sites is 3. The first kappa shape index (κ1) is 39.9. The van der Waals surface area contributed by atoms with Crippen LogP contribution in [0.3, 0.4) is 0 Å². The minimum atomic E-state index is -0.845. The van der Waals surface area contributed by atoms with Crippen LogP contribution >= 0.6 is 0 Å². The Hall–Kier alpha value is -4.86. The van der Waals surface area contributed by atoms with Gasteiger partial charge < -0.3 is 33.2 Å². The third kappa shape index (κ3) is 11.9. The van der Waals surface area contributed by atoms with Crippen LogP contribution in [-0.2, 0) is 19.2 Å². The number of hydrogen-bond acceptors (Lipinski definition) is 9. The van der Waals surface area contributed by atoms with E-state index in [0.29, 0.717) is 73.9 Å². The van der Waals surface area contributed by atoms with Crippen LogP contribution in [0.5, 0.6) is 0 Å². The number of benzene rings is 2. The molecule has 2 aromatic rings. The highest BCUT2D eigenvalue weighted by molar-refractivity contribution is 6.18. The van der Waals surface area contributed by atoms with Gasteiger partial charge >= 0.3 is 0 Å². The molecule has 0 spiro atoms. The third-order valence-corrected chi connectivity index (χ3v) is 9.43. The number of likely N-dealkylation sites (tertiary alicyclic amines) is 1. The molecule has 0 saturated carbocycles. The quantitative estimate of drug-likeness (QED) is 0.0670. The molecule has 52 heavy (non-hydrogen) atoms. The molecule has 5 amide bonds. The largest absolute Gasteiger partial charge is 0.370 e. The maximum Gasteiger partial charge on any atom is 0.257 e. The zero-order valence-corrected chi connectivity index (χ0v) is 30.1. The van der Waals surface area contributed by atoms with Gasteiger partial charge in [-0.3, -0.25) is 44.1 Å². The number of nitrogens with one attached hydrogen (secondary N) is 4.